The van der Waals surface area contributed by atoms with E-state index in [0.717, 1.165) is 18.9 Å². The largest absolute Gasteiger partial charge is 0.433 e. The van der Waals surface area contributed by atoms with Crippen LogP contribution in [0.1, 0.15) is 32.4 Å². The molecule has 0 spiro atoms. The first-order valence-electron chi connectivity index (χ1n) is 6.45. The average molecular weight is 275 g/mol. The van der Waals surface area contributed by atoms with Gasteiger partial charge in [0.2, 0.25) is 0 Å². The summed E-state index contributed by atoms with van der Waals surface area (Å²) in [5.41, 5.74) is 4.68. The average Bonchev–Trinajstić information content (AvgIpc) is 2.38. The van der Waals surface area contributed by atoms with Gasteiger partial charge in [0.05, 0.1) is 0 Å². The number of alkyl halides is 3. The van der Waals surface area contributed by atoms with Crippen molar-refractivity contribution in [2.45, 2.75) is 38.9 Å². The Morgan fingerprint density at radius 3 is 2.37 bits per heavy atom. The molecule has 6 heteroatoms. The fourth-order valence-electron chi connectivity index (χ4n) is 2.09. The van der Waals surface area contributed by atoms with Gasteiger partial charge in [-0.25, -0.2) is 4.98 Å². The lowest BCUT2D eigenvalue weighted by Crippen LogP contribution is -2.39. The minimum atomic E-state index is -4.42. The number of aromatic nitrogens is 1. The lowest BCUT2D eigenvalue weighted by molar-refractivity contribution is -0.141. The normalized spacial score (nSPS) is 11.9. The molecule has 0 fully saturated rings. The molecule has 2 N–H and O–H groups in total. The third-order valence-corrected chi connectivity index (χ3v) is 3.07. The van der Waals surface area contributed by atoms with Crippen LogP contribution < -0.4 is 10.6 Å². The summed E-state index contributed by atoms with van der Waals surface area (Å²) in [5.74, 6) is 0.342. The van der Waals surface area contributed by atoms with Crippen LogP contribution in [0.4, 0.5) is 19.0 Å². The van der Waals surface area contributed by atoms with E-state index < -0.39 is 11.9 Å². The molecule has 0 aliphatic rings. The summed E-state index contributed by atoms with van der Waals surface area (Å²) in [6.07, 6.45) is -2.73. The number of anilines is 1. The highest BCUT2D eigenvalue weighted by Crippen LogP contribution is 2.29. The number of hydrogen-bond donors (Lipinski definition) is 1. The highest BCUT2D eigenvalue weighted by Gasteiger charge is 2.33. The van der Waals surface area contributed by atoms with Crippen LogP contribution in [0.3, 0.4) is 0 Å². The summed E-state index contributed by atoms with van der Waals surface area (Å²) >= 11 is 0. The van der Waals surface area contributed by atoms with Crippen molar-refractivity contribution in [3.8, 4) is 0 Å². The second-order valence-corrected chi connectivity index (χ2v) is 4.33. The molecule has 3 nitrogen and oxygen atoms in total. The van der Waals surface area contributed by atoms with E-state index in [-0.39, 0.29) is 6.04 Å². The molecule has 0 saturated carbocycles. The summed E-state index contributed by atoms with van der Waals surface area (Å²) in [4.78, 5) is 5.58. The predicted octanol–water partition coefficient (Wildman–Crippen LogP) is 3.05. The second-order valence-electron chi connectivity index (χ2n) is 4.33. The second kappa shape index (κ2) is 6.75. The minimum absolute atomic E-state index is 0.152. The maximum atomic E-state index is 12.7. The summed E-state index contributed by atoms with van der Waals surface area (Å²) in [6.45, 7) is 4.89. The van der Waals surface area contributed by atoms with E-state index in [9.17, 15) is 13.2 Å². The molecule has 0 unspecified atom stereocenters. The van der Waals surface area contributed by atoms with Crippen LogP contribution in [0.25, 0.3) is 0 Å². The molecule has 0 amide bonds. The van der Waals surface area contributed by atoms with Gasteiger partial charge < -0.3 is 10.6 Å². The summed E-state index contributed by atoms with van der Waals surface area (Å²) < 4.78 is 38.0. The number of rotatable bonds is 6. The Morgan fingerprint density at radius 2 is 1.89 bits per heavy atom. The molecule has 0 aliphatic carbocycles. The van der Waals surface area contributed by atoms with Crippen molar-refractivity contribution in [2.75, 3.05) is 18.0 Å². The maximum absolute atomic E-state index is 12.7. The van der Waals surface area contributed by atoms with Gasteiger partial charge in [0.25, 0.3) is 0 Å². The number of pyridine rings is 1. The van der Waals surface area contributed by atoms with Crippen LogP contribution in [0.5, 0.6) is 0 Å². The van der Waals surface area contributed by atoms with Gasteiger partial charge >= 0.3 is 6.18 Å². The van der Waals surface area contributed by atoms with E-state index in [0.29, 0.717) is 18.9 Å². The monoisotopic (exact) mass is 275 g/mol. The van der Waals surface area contributed by atoms with Crippen molar-refractivity contribution in [1.82, 2.24) is 4.98 Å². The van der Waals surface area contributed by atoms with E-state index in [1.807, 2.05) is 18.7 Å². The standard InChI is InChI=1S/C13H20F3N3/c1-3-10(4-2)19(9-8-17)12-7-5-6-11(18-12)13(14,15)16/h5-7,10H,3-4,8-9,17H2,1-2H3. The molecule has 0 aliphatic heterocycles. The summed E-state index contributed by atoms with van der Waals surface area (Å²) in [6, 6.07) is 4.12. The molecule has 0 bridgehead atoms. The predicted molar refractivity (Wildman–Crippen MR) is 70.0 cm³/mol. The van der Waals surface area contributed by atoms with E-state index in [4.69, 9.17) is 5.73 Å². The molecule has 1 rings (SSSR count). The van der Waals surface area contributed by atoms with E-state index in [2.05, 4.69) is 4.98 Å². The summed E-state index contributed by atoms with van der Waals surface area (Å²) in [7, 11) is 0. The lowest BCUT2D eigenvalue weighted by Gasteiger charge is -2.31. The van der Waals surface area contributed by atoms with Gasteiger partial charge in [0.15, 0.2) is 0 Å². The van der Waals surface area contributed by atoms with Crippen molar-refractivity contribution in [3.63, 3.8) is 0 Å². The fraction of sp³-hybridized carbons (Fsp3) is 0.615. The van der Waals surface area contributed by atoms with Crippen LogP contribution >= 0.6 is 0 Å². The third kappa shape index (κ3) is 4.09. The van der Waals surface area contributed by atoms with Crippen LogP contribution in [-0.4, -0.2) is 24.1 Å². The number of nitrogens with zero attached hydrogens (tertiary/aromatic N) is 2. The molecular formula is C13H20F3N3. The molecule has 1 aromatic rings. The minimum Gasteiger partial charge on any atom is -0.352 e. The van der Waals surface area contributed by atoms with Crippen LogP contribution in [-0.2, 0) is 6.18 Å². The maximum Gasteiger partial charge on any atom is 0.433 e. The van der Waals surface area contributed by atoms with E-state index in [1.54, 1.807) is 6.07 Å². The van der Waals surface area contributed by atoms with Gasteiger partial charge in [0.1, 0.15) is 11.5 Å². The summed E-state index contributed by atoms with van der Waals surface area (Å²) in [5, 5.41) is 0. The third-order valence-electron chi connectivity index (χ3n) is 3.07. The van der Waals surface area contributed by atoms with Crippen LogP contribution in [0.15, 0.2) is 18.2 Å². The Labute approximate surface area is 111 Å². The van der Waals surface area contributed by atoms with Crippen molar-refractivity contribution in [3.05, 3.63) is 23.9 Å². The smallest absolute Gasteiger partial charge is 0.352 e. The van der Waals surface area contributed by atoms with Crippen molar-refractivity contribution in [2.24, 2.45) is 5.73 Å². The first-order chi connectivity index (χ1) is 8.93. The zero-order chi connectivity index (χ0) is 14.5. The van der Waals surface area contributed by atoms with Crippen LogP contribution in [0.2, 0.25) is 0 Å². The molecule has 0 atom stereocenters. The quantitative estimate of drug-likeness (QED) is 0.867. The zero-order valence-corrected chi connectivity index (χ0v) is 11.2. The van der Waals surface area contributed by atoms with Crippen molar-refractivity contribution < 1.29 is 13.2 Å². The first-order valence-corrected chi connectivity index (χ1v) is 6.45. The van der Waals surface area contributed by atoms with E-state index in [1.165, 1.54) is 6.07 Å². The Morgan fingerprint density at radius 1 is 1.26 bits per heavy atom. The molecule has 1 aromatic heterocycles. The zero-order valence-electron chi connectivity index (χ0n) is 11.2. The number of hydrogen-bond acceptors (Lipinski definition) is 3. The van der Waals surface area contributed by atoms with Gasteiger partial charge in [-0.3, -0.25) is 0 Å². The molecule has 19 heavy (non-hydrogen) atoms. The number of halogens is 3. The Hall–Kier alpha value is -1.30. The molecular weight excluding hydrogens is 255 g/mol. The van der Waals surface area contributed by atoms with Crippen molar-refractivity contribution in [1.29, 1.82) is 0 Å². The molecule has 0 aromatic carbocycles. The van der Waals surface area contributed by atoms with Crippen LogP contribution in [0, 0.1) is 0 Å². The molecule has 0 radical (unpaired) electrons. The fourth-order valence-corrected chi connectivity index (χ4v) is 2.09. The SMILES string of the molecule is CCC(CC)N(CCN)c1cccc(C(F)(F)F)n1. The molecule has 1 heterocycles. The lowest BCUT2D eigenvalue weighted by atomic mass is 10.1. The van der Waals surface area contributed by atoms with Gasteiger partial charge in [-0.05, 0) is 25.0 Å². The Kier molecular flexibility index (Phi) is 5.60. The van der Waals surface area contributed by atoms with Gasteiger partial charge in [-0.15, -0.1) is 0 Å². The van der Waals surface area contributed by atoms with E-state index >= 15 is 0 Å². The Balaban J connectivity index is 3.09. The highest BCUT2D eigenvalue weighted by atomic mass is 19.4. The Bertz CT molecular complexity index is 389. The van der Waals surface area contributed by atoms with Gasteiger partial charge in [-0.2, -0.15) is 13.2 Å². The number of nitrogens with two attached hydrogens (primary N) is 1. The first kappa shape index (κ1) is 15.8. The van der Waals surface area contributed by atoms with Gasteiger partial charge in [-0.1, -0.05) is 19.9 Å². The van der Waals surface area contributed by atoms with Gasteiger partial charge in [0, 0.05) is 19.1 Å². The topological polar surface area (TPSA) is 42.1 Å². The van der Waals surface area contributed by atoms with Crippen molar-refractivity contribution >= 4 is 5.82 Å². The highest BCUT2D eigenvalue weighted by molar-refractivity contribution is 5.41. The molecule has 108 valence electrons. The molecule has 0 saturated heterocycles.